The first kappa shape index (κ1) is 17.1. The summed E-state index contributed by atoms with van der Waals surface area (Å²) < 4.78 is 4.88. The molecule has 0 aromatic heterocycles. The van der Waals surface area contributed by atoms with E-state index in [1.165, 1.54) is 7.11 Å². The molecule has 6 nitrogen and oxygen atoms in total. The van der Waals surface area contributed by atoms with E-state index in [-0.39, 0.29) is 36.1 Å². The topological polar surface area (TPSA) is 87.7 Å². The van der Waals surface area contributed by atoms with Gasteiger partial charge in [0.2, 0.25) is 0 Å². The number of amides is 2. The van der Waals surface area contributed by atoms with Crippen molar-refractivity contribution >= 4 is 12.0 Å². The van der Waals surface area contributed by atoms with Crippen molar-refractivity contribution in [3.63, 3.8) is 0 Å². The molecule has 6 heteroatoms. The second kappa shape index (κ2) is 8.36. The smallest absolute Gasteiger partial charge is 0.315 e. The number of ether oxygens (including phenoxy) is 1. The van der Waals surface area contributed by atoms with Crippen molar-refractivity contribution in [2.24, 2.45) is 5.92 Å². The fraction of sp³-hybridized carbons (Fsp3) is 0.875. The van der Waals surface area contributed by atoms with Gasteiger partial charge in [-0.15, -0.1) is 0 Å². The number of hydrogen-bond donors (Lipinski definition) is 3. The van der Waals surface area contributed by atoms with Gasteiger partial charge in [-0.25, -0.2) is 4.79 Å². The maximum absolute atomic E-state index is 12.2. The summed E-state index contributed by atoms with van der Waals surface area (Å²) in [7, 11) is 1.40. The zero-order valence-corrected chi connectivity index (χ0v) is 13.3. The minimum atomic E-state index is -0.244. The van der Waals surface area contributed by atoms with Crippen molar-refractivity contribution < 1.29 is 19.4 Å². The third-order valence-electron chi connectivity index (χ3n) is 4.87. The lowest BCUT2D eigenvalue weighted by atomic mass is 9.93. The lowest BCUT2D eigenvalue weighted by Crippen LogP contribution is -2.50. The molecule has 2 atom stereocenters. The van der Waals surface area contributed by atoms with Crippen LogP contribution in [0.1, 0.15) is 57.8 Å². The van der Waals surface area contributed by atoms with Crippen LogP contribution in [0.15, 0.2) is 0 Å². The van der Waals surface area contributed by atoms with Crippen LogP contribution in [0.2, 0.25) is 0 Å². The molecule has 22 heavy (non-hydrogen) atoms. The number of rotatable bonds is 3. The molecule has 2 saturated carbocycles. The number of hydrogen-bond acceptors (Lipinski definition) is 4. The molecular weight excluding hydrogens is 284 g/mol. The van der Waals surface area contributed by atoms with Crippen LogP contribution < -0.4 is 10.6 Å². The van der Waals surface area contributed by atoms with Crippen LogP contribution in [0, 0.1) is 5.92 Å². The van der Waals surface area contributed by atoms with Gasteiger partial charge < -0.3 is 20.5 Å². The number of methoxy groups -OCH3 is 1. The van der Waals surface area contributed by atoms with E-state index < -0.39 is 0 Å². The maximum Gasteiger partial charge on any atom is 0.315 e. The molecule has 0 radical (unpaired) electrons. The molecule has 2 amide bonds. The molecule has 3 N–H and O–H groups in total. The number of esters is 1. The molecule has 0 aliphatic heterocycles. The molecule has 0 heterocycles. The van der Waals surface area contributed by atoms with E-state index in [0.29, 0.717) is 0 Å². The third-order valence-corrected chi connectivity index (χ3v) is 4.87. The Morgan fingerprint density at radius 3 is 2.32 bits per heavy atom. The van der Waals surface area contributed by atoms with Gasteiger partial charge in [-0.1, -0.05) is 19.3 Å². The number of urea groups is 1. The first-order valence-electron chi connectivity index (χ1n) is 8.43. The zero-order valence-electron chi connectivity index (χ0n) is 13.3. The van der Waals surface area contributed by atoms with Crippen LogP contribution >= 0.6 is 0 Å². The summed E-state index contributed by atoms with van der Waals surface area (Å²) in [4.78, 5) is 24.1. The van der Waals surface area contributed by atoms with Gasteiger partial charge >= 0.3 is 12.0 Å². The quantitative estimate of drug-likeness (QED) is 0.547. The van der Waals surface area contributed by atoms with Crippen LogP contribution in [0.3, 0.4) is 0 Å². The van der Waals surface area contributed by atoms with E-state index in [9.17, 15) is 14.7 Å². The second-order valence-corrected chi connectivity index (χ2v) is 6.50. The molecule has 0 unspecified atom stereocenters. The molecule has 0 saturated heterocycles. The highest BCUT2D eigenvalue weighted by Crippen LogP contribution is 2.25. The number of carbonyl (C=O) groups excluding carboxylic acids is 2. The Labute approximate surface area is 132 Å². The molecule has 0 aromatic carbocycles. The number of aliphatic hydroxyl groups excluding tert-OH is 1. The van der Waals surface area contributed by atoms with Gasteiger partial charge in [-0.3, -0.25) is 4.79 Å². The highest BCUT2D eigenvalue weighted by Gasteiger charge is 2.32. The van der Waals surface area contributed by atoms with Gasteiger partial charge in [0.05, 0.1) is 19.1 Å². The van der Waals surface area contributed by atoms with Crippen molar-refractivity contribution in [1.82, 2.24) is 10.6 Å². The number of carbonyl (C=O) groups is 2. The molecule has 0 spiro atoms. The van der Waals surface area contributed by atoms with Crippen LogP contribution in [-0.2, 0) is 9.53 Å². The molecule has 2 aliphatic carbocycles. The molecule has 2 rings (SSSR count). The minimum Gasteiger partial charge on any atom is -0.469 e. The zero-order chi connectivity index (χ0) is 15.9. The molecular formula is C16H28N2O4. The van der Waals surface area contributed by atoms with E-state index in [4.69, 9.17) is 4.74 Å². The molecule has 2 aliphatic rings. The van der Waals surface area contributed by atoms with E-state index >= 15 is 0 Å². The van der Waals surface area contributed by atoms with Crippen LogP contribution in [0.25, 0.3) is 0 Å². The van der Waals surface area contributed by atoms with Gasteiger partial charge in [0, 0.05) is 12.1 Å². The molecule has 0 aromatic rings. The van der Waals surface area contributed by atoms with Crippen molar-refractivity contribution in [2.45, 2.75) is 76.0 Å². The summed E-state index contributed by atoms with van der Waals surface area (Å²) in [6.45, 7) is 0. The second-order valence-electron chi connectivity index (χ2n) is 6.50. The average molecular weight is 312 g/mol. The normalized spacial score (nSPS) is 32.6. The summed E-state index contributed by atoms with van der Waals surface area (Å²) in [5, 5.41) is 15.4. The van der Waals surface area contributed by atoms with Crippen molar-refractivity contribution in [2.75, 3.05) is 7.11 Å². The molecule has 2 fully saturated rings. The van der Waals surface area contributed by atoms with Gasteiger partial charge in [-0.2, -0.15) is 0 Å². The van der Waals surface area contributed by atoms with Crippen molar-refractivity contribution in [1.29, 1.82) is 0 Å². The van der Waals surface area contributed by atoms with E-state index in [1.807, 2.05) is 0 Å². The van der Waals surface area contributed by atoms with Gasteiger partial charge in [-0.05, 0) is 38.5 Å². The summed E-state index contributed by atoms with van der Waals surface area (Å²) in [5.74, 6) is -0.473. The Morgan fingerprint density at radius 2 is 1.64 bits per heavy atom. The SMILES string of the molecule is COC(=O)[C@@H]1CCCCC[C@@H]1NC(=O)NC1CCC(O)CC1. The van der Waals surface area contributed by atoms with Crippen molar-refractivity contribution in [3.05, 3.63) is 0 Å². The van der Waals surface area contributed by atoms with Gasteiger partial charge in [0.25, 0.3) is 0 Å². The summed E-state index contributed by atoms with van der Waals surface area (Å²) in [5.41, 5.74) is 0. The molecule has 0 bridgehead atoms. The fourth-order valence-electron chi connectivity index (χ4n) is 3.53. The number of aliphatic hydroxyl groups is 1. The fourth-order valence-corrected chi connectivity index (χ4v) is 3.53. The van der Waals surface area contributed by atoms with Crippen molar-refractivity contribution in [3.8, 4) is 0 Å². The standard InChI is InChI=1S/C16H28N2O4/c1-22-15(20)13-5-3-2-4-6-14(13)18-16(21)17-11-7-9-12(19)10-8-11/h11-14,19H,2-10H2,1H3,(H2,17,18,21)/t11?,12?,13-,14+/m1/s1. The minimum absolute atomic E-state index is 0.116. The molecule has 126 valence electrons. The Morgan fingerprint density at radius 1 is 0.955 bits per heavy atom. The Kier molecular flexibility index (Phi) is 6.49. The largest absolute Gasteiger partial charge is 0.469 e. The first-order chi connectivity index (χ1) is 10.6. The lowest BCUT2D eigenvalue weighted by molar-refractivity contribution is -0.146. The average Bonchev–Trinajstić information content (AvgIpc) is 2.74. The summed E-state index contributed by atoms with van der Waals surface area (Å²) >= 11 is 0. The third kappa shape index (κ3) is 4.87. The maximum atomic E-state index is 12.2. The Bertz CT molecular complexity index is 380. The van der Waals surface area contributed by atoms with E-state index in [0.717, 1.165) is 57.8 Å². The number of nitrogens with one attached hydrogen (secondary N) is 2. The Balaban J connectivity index is 1.85. The van der Waals surface area contributed by atoms with E-state index in [1.54, 1.807) is 0 Å². The highest BCUT2D eigenvalue weighted by molar-refractivity contribution is 5.77. The van der Waals surface area contributed by atoms with E-state index in [2.05, 4.69) is 10.6 Å². The van der Waals surface area contributed by atoms with Crippen LogP contribution in [0.4, 0.5) is 4.79 Å². The van der Waals surface area contributed by atoms with Gasteiger partial charge in [0.15, 0.2) is 0 Å². The first-order valence-corrected chi connectivity index (χ1v) is 8.43. The monoisotopic (exact) mass is 312 g/mol. The lowest BCUT2D eigenvalue weighted by Gasteiger charge is -2.28. The predicted octanol–water partition coefficient (Wildman–Crippen LogP) is 1.71. The Hall–Kier alpha value is -1.30. The van der Waals surface area contributed by atoms with Gasteiger partial charge in [0.1, 0.15) is 0 Å². The summed E-state index contributed by atoms with van der Waals surface area (Å²) in [6, 6.07) is -0.239. The highest BCUT2D eigenvalue weighted by atomic mass is 16.5. The van der Waals surface area contributed by atoms with Crippen LogP contribution in [0.5, 0.6) is 0 Å². The van der Waals surface area contributed by atoms with Crippen LogP contribution in [-0.4, -0.2) is 42.4 Å². The predicted molar refractivity (Wildman–Crippen MR) is 82.3 cm³/mol. The summed E-state index contributed by atoms with van der Waals surface area (Å²) in [6.07, 6.45) is 7.55.